The Morgan fingerprint density at radius 3 is 2.88 bits per heavy atom. The number of aromatic hydroxyl groups is 1. The normalized spacial score (nSPS) is 11.1. The van der Waals surface area contributed by atoms with Crippen LogP contribution in [0.1, 0.15) is 21.9 Å². The Kier molecular flexibility index (Phi) is 4.85. The molecule has 0 radical (unpaired) electrons. The number of halogens is 1. The largest absolute Gasteiger partial charge is 0.508 e. The minimum Gasteiger partial charge on any atom is -0.508 e. The highest BCUT2D eigenvalue weighted by atomic mass is 35.5. The molecule has 3 rings (SSSR count). The van der Waals surface area contributed by atoms with Gasteiger partial charge in [0.25, 0.3) is 0 Å². The summed E-state index contributed by atoms with van der Waals surface area (Å²) in [6, 6.07) is 9.34. The second-order valence-electron chi connectivity index (χ2n) is 5.31. The predicted octanol–water partition coefficient (Wildman–Crippen LogP) is 3.69. The van der Waals surface area contributed by atoms with Crippen molar-refractivity contribution in [2.45, 2.75) is 6.54 Å². The zero-order valence-corrected chi connectivity index (χ0v) is 14.0. The number of allylic oxidation sites excluding steroid dienone is 1. The molecule has 0 saturated carbocycles. The molecule has 9 heteroatoms. The molecule has 2 aromatic heterocycles. The lowest BCUT2D eigenvalue weighted by molar-refractivity contribution is -0.389. The maximum Gasteiger partial charge on any atom is 0.408 e. The van der Waals surface area contributed by atoms with Gasteiger partial charge >= 0.3 is 5.82 Å². The van der Waals surface area contributed by atoms with E-state index >= 15 is 0 Å². The molecule has 0 atom stereocenters. The van der Waals surface area contributed by atoms with Crippen LogP contribution in [0.5, 0.6) is 5.75 Å². The summed E-state index contributed by atoms with van der Waals surface area (Å²) in [7, 11) is 0. The third-order valence-electron chi connectivity index (χ3n) is 3.40. The van der Waals surface area contributed by atoms with Crippen molar-refractivity contribution in [2.24, 2.45) is 0 Å². The summed E-state index contributed by atoms with van der Waals surface area (Å²) in [5.41, 5.74) is 0.353. The van der Waals surface area contributed by atoms with Crippen molar-refractivity contribution in [2.75, 3.05) is 0 Å². The fourth-order valence-corrected chi connectivity index (χ4v) is 2.45. The third-order valence-corrected chi connectivity index (χ3v) is 3.67. The maximum atomic E-state index is 12.0. The molecule has 0 amide bonds. The van der Waals surface area contributed by atoms with Gasteiger partial charge in [-0.2, -0.15) is 4.68 Å². The molecule has 0 saturated heterocycles. The Morgan fingerprint density at radius 1 is 1.38 bits per heavy atom. The van der Waals surface area contributed by atoms with Crippen LogP contribution in [0.25, 0.3) is 6.08 Å². The average molecular weight is 374 g/mol. The third kappa shape index (κ3) is 3.98. The Hall–Kier alpha value is -3.39. The summed E-state index contributed by atoms with van der Waals surface area (Å²) in [4.78, 5) is 22.1. The van der Waals surface area contributed by atoms with Gasteiger partial charge < -0.3 is 19.6 Å². The molecule has 26 heavy (non-hydrogen) atoms. The Labute approximate surface area is 152 Å². The van der Waals surface area contributed by atoms with E-state index in [2.05, 4.69) is 5.10 Å². The minimum absolute atomic E-state index is 0.0107. The number of phenols is 1. The van der Waals surface area contributed by atoms with Crippen molar-refractivity contribution in [1.29, 1.82) is 0 Å². The molecule has 0 spiro atoms. The first-order valence-electron chi connectivity index (χ1n) is 7.40. The van der Waals surface area contributed by atoms with E-state index in [4.69, 9.17) is 16.0 Å². The number of benzene rings is 1. The zero-order chi connectivity index (χ0) is 18.7. The van der Waals surface area contributed by atoms with Crippen LogP contribution in [-0.2, 0) is 6.54 Å². The van der Waals surface area contributed by atoms with Gasteiger partial charge in [0.05, 0.1) is 11.3 Å². The summed E-state index contributed by atoms with van der Waals surface area (Å²) in [6.45, 7) is 0.155. The highest BCUT2D eigenvalue weighted by Crippen LogP contribution is 2.22. The van der Waals surface area contributed by atoms with Crippen molar-refractivity contribution >= 4 is 29.3 Å². The van der Waals surface area contributed by atoms with Crippen molar-refractivity contribution in [3.8, 4) is 5.75 Å². The first kappa shape index (κ1) is 17.4. The molecular formula is C17H12ClN3O5. The first-order chi connectivity index (χ1) is 12.4. The summed E-state index contributed by atoms with van der Waals surface area (Å²) in [5, 5.41) is 23.8. The smallest absolute Gasteiger partial charge is 0.408 e. The van der Waals surface area contributed by atoms with Crippen LogP contribution in [0.3, 0.4) is 0 Å². The number of aromatic nitrogens is 2. The Morgan fingerprint density at radius 2 is 2.19 bits per heavy atom. The number of nitro groups is 1. The van der Waals surface area contributed by atoms with E-state index in [1.807, 2.05) is 0 Å². The van der Waals surface area contributed by atoms with Crippen molar-refractivity contribution < 1.29 is 19.2 Å². The topological polar surface area (TPSA) is 111 Å². The molecule has 1 aromatic carbocycles. The number of rotatable bonds is 6. The van der Waals surface area contributed by atoms with Gasteiger partial charge in [0, 0.05) is 5.56 Å². The summed E-state index contributed by atoms with van der Waals surface area (Å²) in [5.74, 6) is 0.227. The van der Waals surface area contributed by atoms with Gasteiger partial charge in [-0.05, 0) is 41.3 Å². The lowest BCUT2D eigenvalue weighted by atomic mass is 10.1. The van der Waals surface area contributed by atoms with Crippen LogP contribution in [0.2, 0.25) is 5.02 Å². The zero-order valence-electron chi connectivity index (χ0n) is 13.2. The summed E-state index contributed by atoms with van der Waals surface area (Å²) < 4.78 is 6.84. The van der Waals surface area contributed by atoms with Gasteiger partial charge in [-0.25, -0.2) is 0 Å². The molecule has 8 nitrogen and oxygen atoms in total. The molecule has 0 aliphatic heterocycles. The molecule has 0 fully saturated rings. The molecule has 0 bridgehead atoms. The van der Waals surface area contributed by atoms with E-state index in [9.17, 15) is 20.0 Å². The number of furan rings is 1. The van der Waals surface area contributed by atoms with Gasteiger partial charge in [0.1, 0.15) is 23.8 Å². The predicted molar refractivity (Wildman–Crippen MR) is 93.2 cm³/mol. The minimum atomic E-state index is -0.665. The molecule has 0 aliphatic carbocycles. The second-order valence-corrected chi connectivity index (χ2v) is 5.71. The number of hydrogen-bond acceptors (Lipinski definition) is 6. The van der Waals surface area contributed by atoms with Gasteiger partial charge in [-0.15, -0.1) is 0 Å². The lowest BCUT2D eigenvalue weighted by Crippen LogP contribution is -2.00. The number of carbonyl (C=O) groups is 1. The van der Waals surface area contributed by atoms with Crippen LogP contribution in [-0.4, -0.2) is 25.6 Å². The van der Waals surface area contributed by atoms with Crippen LogP contribution in [0.4, 0.5) is 5.82 Å². The highest BCUT2D eigenvalue weighted by Gasteiger charge is 2.19. The summed E-state index contributed by atoms with van der Waals surface area (Å²) >= 11 is 5.74. The molecule has 0 aliphatic rings. The second kappa shape index (κ2) is 7.24. The average Bonchev–Trinajstić information content (AvgIpc) is 3.19. The first-order valence-corrected chi connectivity index (χ1v) is 7.77. The van der Waals surface area contributed by atoms with E-state index < -0.39 is 10.7 Å². The number of ketones is 1. The summed E-state index contributed by atoms with van der Waals surface area (Å²) in [6.07, 6.45) is 4.16. The Bertz CT molecular complexity index is 1010. The van der Waals surface area contributed by atoms with Crippen molar-refractivity contribution in [3.63, 3.8) is 0 Å². The Balaban J connectivity index is 1.69. The highest BCUT2D eigenvalue weighted by molar-refractivity contribution is 6.32. The van der Waals surface area contributed by atoms with Gasteiger partial charge in [0.2, 0.25) is 0 Å². The fraction of sp³-hybridized carbons (Fsp3) is 0.0588. The SMILES string of the molecule is O=C(/C=C/c1ccc(Cn2cc(Cl)c([N+](=O)[O-])n2)o1)c1cccc(O)c1. The van der Waals surface area contributed by atoms with Crippen LogP contribution in [0.15, 0.2) is 53.1 Å². The standard InChI is InChI=1S/C17H12ClN3O5/c18-15-10-20(19-17(15)21(24)25)9-14-5-4-13(26-14)6-7-16(23)11-2-1-3-12(22)8-11/h1-8,10,22H,9H2/b7-6+. The molecule has 1 N–H and O–H groups in total. The number of nitrogens with zero attached hydrogens (tertiary/aromatic N) is 3. The van der Waals surface area contributed by atoms with Crippen LogP contribution >= 0.6 is 11.6 Å². The van der Waals surface area contributed by atoms with E-state index in [0.29, 0.717) is 17.1 Å². The maximum absolute atomic E-state index is 12.0. The molecule has 3 aromatic rings. The van der Waals surface area contributed by atoms with E-state index in [0.717, 1.165) is 0 Å². The van der Waals surface area contributed by atoms with Crippen molar-refractivity contribution in [1.82, 2.24) is 9.78 Å². The van der Waals surface area contributed by atoms with Gasteiger partial charge in [-0.3, -0.25) is 4.79 Å². The van der Waals surface area contributed by atoms with E-state index in [1.54, 1.807) is 24.3 Å². The van der Waals surface area contributed by atoms with E-state index in [-0.39, 0.29) is 23.1 Å². The molecule has 2 heterocycles. The van der Waals surface area contributed by atoms with Gasteiger partial charge in [0.15, 0.2) is 10.8 Å². The quantitative estimate of drug-likeness (QED) is 0.305. The van der Waals surface area contributed by atoms with Crippen molar-refractivity contribution in [3.05, 3.63) is 80.9 Å². The number of phenolic OH excluding ortho intramolecular Hbond substituents is 1. The van der Waals surface area contributed by atoms with Gasteiger partial charge in [-0.1, -0.05) is 23.7 Å². The molecular weight excluding hydrogens is 362 g/mol. The lowest BCUT2D eigenvalue weighted by Gasteiger charge is -1.96. The molecule has 0 unspecified atom stereocenters. The van der Waals surface area contributed by atoms with Crippen LogP contribution in [0, 0.1) is 10.1 Å². The fourth-order valence-electron chi connectivity index (χ4n) is 2.23. The molecule has 132 valence electrons. The van der Waals surface area contributed by atoms with Crippen LogP contribution < -0.4 is 0 Å². The monoisotopic (exact) mass is 373 g/mol. The number of hydrogen-bond donors (Lipinski definition) is 1. The number of carbonyl (C=O) groups excluding carboxylic acids is 1. The van der Waals surface area contributed by atoms with E-state index in [1.165, 1.54) is 35.2 Å².